The fourth-order valence-electron chi connectivity index (χ4n) is 2.46. The Kier molecular flexibility index (Phi) is 4.71. The van der Waals surface area contributed by atoms with Crippen LogP contribution in [0, 0.1) is 0 Å². The number of carbonyl (C=O) groups is 1. The largest absolute Gasteiger partial charge is 0.356 e. The van der Waals surface area contributed by atoms with Crippen LogP contribution in [0.5, 0.6) is 0 Å². The molecule has 0 aliphatic carbocycles. The average Bonchev–Trinajstić information content (AvgIpc) is 2.97. The number of ether oxygens (including phenoxy) is 1. The van der Waals surface area contributed by atoms with E-state index in [1.165, 1.54) is 0 Å². The summed E-state index contributed by atoms with van der Waals surface area (Å²) in [5, 5.41) is 2.80. The second-order valence-corrected chi connectivity index (χ2v) is 6.49. The summed E-state index contributed by atoms with van der Waals surface area (Å²) in [7, 11) is 0. The summed E-state index contributed by atoms with van der Waals surface area (Å²) in [4.78, 5) is 16.6. The summed E-state index contributed by atoms with van der Waals surface area (Å²) in [6, 6.07) is 11.4. The molecule has 0 fully saturated rings. The highest BCUT2D eigenvalue weighted by atomic mass is 16.5. The summed E-state index contributed by atoms with van der Waals surface area (Å²) >= 11 is 0. The highest BCUT2D eigenvalue weighted by Gasteiger charge is 2.24. The Bertz CT molecular complexity index is 766. The van der Waals surface area contributed by atoms with Crippen molar-refractivity contribution in [2.75, 3.05) is 17.3 Å². The number of hydrazine groups is 1. The van der Waals surface area contributed by atoms with Crippen molar-refractivity contribution in [1.82, 2.24) is 10.4 Å². The molecule has 0 radical (unpaired) electrons. The predicted molar refractivity (Wildman–Crippen MR) is 97.7 cm³/mol. The van der Waals surface area contributed by atoms with E-state index < -0.39 is 5.54 Å². The van der Waals surface area contributed by atoms with Gasteiger partial charge in [0.15, 0.2) is 6.23 Å². The zero-order chi connectivity index (χ0) is 18.0. The summed E-state index contributed by atoms with van der Waals surface area (Å²) in [5.74, 6) is -0.229. The monoisotopic (exact) mass is 341 g/mol. The van der Waals surface area contributed by atoms with Gasteiger partial charge in [-0.1, -0.05) is 12.1 Å². The molecule has 1 aliphatic heterocycles. The fourth-order valence-corrected chi connectivity index (χ4v) is 2.46. The Balaban J connectivity index is 1.79. The van der Waals surface area contributed by atoms with Gasteiger partial charge in [-0.2, -0.15) is 0 Å². The standard InChI is InChI=1S/C18H23N5O2/c1-4-25-16-15-14(22-23-16)10-9-13(21-15)11-5-7-12(8-6-11)20-17(24)18(2,3)19/h5-10,16,22-23H,4,19H2,1-3H3,(H,20,24). The lowest BCUT2D eigenvalue weighted by atomic mass is 10.1. The van der Waals surface area contributed by atoms with Crippen molar-refractivity contribution in [1.29, 1.82) is 0 Å². The molecule has 1 amide bonds. The first kappa shape index (κ1) is 17.3. The maximum atomic E-state index is 11.9. The lowest BCUT2D eigenvalue weighted by molar-refractivity contribution is -0.120. The van der Waals surface area contributed by atoms with Crippen molar-refractivity contribution in [2.24, 2.45) is 5.73 Å². The minimum Gasteiger partial charge on any atom is -0.356 e. The molecule has 7 heteroatoms. The maximum absolute atomic E-state index is 11.9. The minimum absolute atomic E-state index is 0.229. The highest BCUT2D eigenvalue weighted by Crippen LogP contribution is 2.30. The van der Waals surface area contributed by atoms with E-state index in [0.29, 0.717) is 12.3 Å². The van der Waals surface area contributed by atoms with E-state index in [-0.39, 0.29) is 12.1 Å². The van der Waals surface area contributed by atoms with Crippen molar-refractivity contribution in [3.63, 3.8) is 0 Å². The minimum atomic E-state index is -0.922. The van der Waals surface area contributed by atoms with Gasteiger partial charge in [0.25, 0.3) is 0 Å². The fraction of sp³-hybridized carbons (Fsp3) is 0.333. The number of amides is 1. The molecule has 25 heavy (non-hydrogen) atoms. The topological polar surface area (TPSA) is 101 Å². The molecule has 1 aromatic carbocycles. The second-order valence-electron chi connectivity index (χ2n) is 6.49. The molecule has 3 rings (SSSR count). The Hall–Kier alpha value is -2.48. The smallest absolute Gasteiger partial charge is 0.243 e. The SMILES string of the molecule is CCOC1NNc2ccc(-c3ccc(NC(=O)C(C)(C)N)cc3)nc21. The number of pyridine rings is 1. The third-order valence-electron chi connectivity index (χ3n) is 3.87. The van der Waals surface area contributed by atoms with Crippen LogP contribution in [0.3, 0.4) is 0 Å². The molecule has 2 heterocycles. The van der Waals surface area contributed by atoms with Crippen molar-refractivity contribution < 1.29 is 9.53 Å². The number of anilines is 2. The number of fused-ring (bicyclic) bond motifs is 1. The normalized spacial score (nSPS) is 16.2. The van der Waals surface area contributed by atoms with E-state index in [1.807, 2.05) is 43.3 Å². The molecular formula is C18H23N5O2. The number of hydrogen-bond acceptors (Lipinski definition) is 6. The first-order valence-electron chi connectivity index (χ1n) is 8.23. The Morgan fingerprint density at radius 2 is 2.00 bits per heavy atom. The third kappa shape index (κ3) is 3.79. The van der Waals surface area contributed by atoms with Crippen LogP contribution in [-0.4, -0.2) is 23.0 Å². The van der Waals surface area contributed by atoms with Crippen LogP contribution in [0.15, 0.2) is 36.4 Å². The molecule has 5 N–H and O–H groups in total. The summed E-state index contributed by atoms with van der Waals surface area (Å²) in [6.45, 7) is 5.87. The quantitative estimate of drug-likeness (QED) is 0.666. The number of rotatable bonds is 5. The van der Waals surface area contributed by atoms with Gasteiger partial charge < -0.3 is 21.2 Å². The molecule has 0 spiro atoms. The number of carbonyl (C=O) groups excluding carboxylic acids is 1. The first-order chi connectivity index (χ1) is 11.9. The molecule has 2 aromatic rings. The van der Waals surface area contributed by atoms with Crippen molar-refractivity contribution in [2.45, 2.75) is 32.5 Å². The van der Waals surface area contributed by atoms with Crippen LogP contribution >= 0.6 is 0 Å². The van der Waals surface area contributed by atoms with Gasteiger partial charge in [-0.05, 0) is 45.0 Å². The Morgan fingerprint density at radius 3 is 2.64 bits per heavy atom. The second kappa shape index (κ2) is 6.79. The van der Waals surface area contributed by atoms with E-state index in [9.17, 15) is 4.79 Å². The Morgan fingerprint density at radius 1 is 1.28 bits per heavy atom. The van der Waals surface area contributed by atoms with Crippen LogP contribution in [-0.2, 0) is 9.53 Å². The van der Waals surface area contributed by atoms with Crippen LogP contribution in [0.1, 0.15) is 32.7 Å². The molecule has 7 nitrogen and oxygen atoms in total. The number of nitrogens with two attached hydrogens (primary N) is 1. The van der Waals surface area contributed by atoms with E-state index in [2.05, 4.69) is 16.2 Å². The number of hydrogen-bond donors (Lipinski definition) is 4. The van der Waals surface area contributed by atoms with Crippen molar-refractivity contribution in [3.8, 4) is 11.3 Å². The molecule has 0 saturated carbocycles. The van der Waals surface area contributed by atoms with Crippen LogP contribution < -0.4 is 21.9 Å². The number of aromatic nitrogens is 1. The third-order valence-corrected chi connectivity index (χ3v) is 3.87. The molecule has 1 aromatic heterocycles. The Labute approximate surface area is 146 Å². The number of nitrogens with one attached hydrogen (secondary N) is 3. The molecule has 0 bridgehead atoms. The maximum Gasteiger partial charge on any atom is 0.243 e. The number of benzene rings is 1. The molecule has 1 unspecified atom stereocenters. The van der Waals surface area contributed by atoms with Gasteiger partial charge in [-0.15, -0.1) is 0 Å². The van der Waals surface area contributed by atoms with Gasteiger partial charge in [0.2, 0.25) is 5.91 Å². The van der Waals surface area contributed by atoms with E-state index in [0.717, 1.165) is 22.6 Å². The summed E-state index contributed by atoms with van der Waals surface area (Å²) in [5.41, 5.74) is 15.2. The van der Waals surface area contributed by atoms with Gasteiger partial charge in [0, 0.05) is 17.9 Å². The van der Waals surface area contributed by atoms with Crippen molar-refractivity contribution >= 4 is 17.3 Å². The van der Waals surface area contributed by atoms with Gasteiger partial charge in [-0.3, -0.25) is 4.79 Å². The predicted octanol–water partition coefficient (Wildman–Crippen LogP) is 2.39. The van der Waals surface area contributed by atoms with Crippen LogP contribution in [0.2, 0.25) is 0 Å². The van der Waals surface area contributed by atoms with E-state index >= 15 is 0 Å². The molecule has 1 atom stereocenters. The zero-order valence-electron chi connectivity index (χ0n) is 14.6. The molecule has 132 valence electrons. The molecule has 0 saturated heterocycles. The highest BCUT2D eigenvalue weighted by molar-refractivity contribution is 5.97. The van der Waals surface area contributed by atoms with Crippen LogP contribution in [0.25, 0.3) is 11.3 Å². The van der Waals surface area contributed by atoms with Gasteiger partial charge >= 0.3 is 0 Å². The van der Waals surface area contributed by atoms with E-state index in [1.54, 1.807) is 13.8 Å². The zero-order valence-corrected chi connectivity index (χ0v) is 14.6. The first-order valence-corrected chi connectivity index (χ1v) is 8.23. The van der Waals surface area contributed by atoms with Gasteiger partial charge in [0.1, 0.15) is 5.69 Å². The van der Waals surface area contributed by atoms with Crippen molar-refractivity contribution in [3.05, 3.63) is 42.1 Å². The average molecular weight is 341 g/mol. The summed E-state index contributed by atoms with van der Waals surface area (Å²) in [6.07, 6.45) is -0.259. The lowest BCUT2D eigenvalue weighted by Crippen LogP contribution is -2.45. The summed E-state index contributed by atoms with van der Waals surface area (Å²) < 4.78 is 5.62. The van der Waals surface area contributed by atoms with Gasteiger partial charge in [-0.25, -0.2) is 10.4 Å². The van der Waals surface area contributed by atoms with Crippen LogP contribution in [0.4, 0.5) is 11.4 Å². The number of nitrogens with zero attached hydrogens (tertiary/aromatic N) is 1. The van der Waals surface area contributed by atoms with E-state index in [4.69, 9.17) is 15.5 Å². The molecular weight excluding hydrogens is 318 g/mol. The lowest BCUT2D eigenvalue weighted by Gasteiger charge is -2.17. The van der Waals surface area contributed by atoms with Gasteiger partial charge in [0.05, 0.1) is 16.9 Å². The molecule has 1 aliphatic rings.